The van der Waals surface area contributed by atoms with Crippen LogP contribution in [0.15, 0.2) is 46.9 Å². The molecule has 2 rings (SSSR count). The summed E-state index contributed by atoms with van der Waals surface area (Å²) in [5.74, 6) is 0.560. The Morgan fingerprint density at radius 1 is 1.20 bits per heavy atom. The molecule has 0 amide bonds. The van der Waals surface area contributed by atoms with E-state index in [0.717, 1.165) is 22.2 Å². The first-order valence-electron chi connectivity index (χ1n) is 6.49. The van der Waals surface area contributed by atoms with Crippen molar-refractivity contribution in [3.8, 4) is 5.75 Å². The maximum atomic E-state index is 13.9. The molecule has 4 heteroatoms. The standard InChI is InChI=1S/C16H17BrFNO/c1-3-15(11-4-7-13(20-2)8-5-11)19-16-9-6-12(17)10-14(16)18/h4-10,15,19H,3H2,1-2H3. The molecule has 0 spiro atoms. The van der Waals surface area contributed by atoms with Crippen molar-refractivity contribution in [2.24, 2.45) is 0 Å². The lowest BCUT2D eigenvalue weighted by Gasteiger charge is -2.19. The average Bonchev–Trinajstić information content (AvgIpc) is 2.47. The Balaban J connectivity index is 2.19. The number of nitrogens with one attached hydrogen (secondary N) is 1. The number of rotatable bonds is 5. The van der Waals surface area contributed by atoms with Gasteiger partial charge in [-0.2, -0.15) is 0 Å². The molecule has 20 heavy (non-hydrogen) atoms. The van der Waals surface area contributed by atoms with Crippen LogP contribution < -0.4 is 10.1 Å². The second-order valence-corrected chi connectivity index (χ2v) is 5.42. The molecule has 0 fully saturated rings. The summed E-state index contributed by atoms with van der Waals surface area (Å²) in [6.45, 7) is 2.07. The lowest BCUT2D eigenvalue weighted by atomic mass is 10.0. The molecule has 106 valence electrons. The van der Waals surface area contributed by atoms with Crippen LogP contribution in [0.2, 0.25) is 0 Å². The van der Waals surface area contributed by atoms with E-state index in [9.17, 15) is 4.39 Å². The number of anilines is 1. The lowest BCUT2D eigenvalue weighted by Crippen LogP contribution is -2.10. The van der Waals surface area contributed by atoms with Gasteiger partial charge in [0.15, 0.2) is 0 Å². The second kappa shape index (κ2) is 6.75. The van der Waals surface area contributed by atoms with Crippen molar-refractivity contribution >= 4 is 21.6 Å². The quantitative estimate of drug-likeness (QED) is 0.813. The molecule has 2 aromatic carbocycles. The van der Waals surface area contributed by atoms with Crippen LogP contribution >= 0.6 is 15.9 Å². The zero-order valence-corrected chi connectivity index (χ0v) is 13.1. The van der Waals surface area contributed by atoms with Gasteiger partial charge in [-0.3, -0.25) is 0 Å². The van der Waals surface area contributed by atoms with Gasteiger partial charge in [-0.25, -0.2) is 4.39 Å². The first-order chi connectivity index (χ1) is 9.63. The largest absolute Gasteiger partial charge is 0.497 e. The van der Waals surface area contributed by atoms with E-state index in [0.29, 0.717) is 5.69 Å². The zero-order valence-electron chi connectivity index (χ0n) is 11.5. The number of benzene rings is 2. The maximum absolute atomic E-state index is 13.9. The number of hydrogen-bond donors (Lipinski definition) is 1. The normalized spacial score (nSPS) is 12.0. The topological polar surface area (TPSA) is 21.3 Å². The number of ether oxygens (including phenoxy) is 1. The fraction of sp³-hybridized carbons (Fsp3) is 0.250. The van der Waals surface area contributed by atoms with E-state index in [2.05, 4.69) is 28.2 Å². The third kappa shape index (κ3) is 3.51. The molecule has 0 radical (unpaired) electrons. The molecular weight excluding hydrogens is 321 g/mol. The first-order valence-corrected chi connectivity index (χ1v) is 7.29. The van der Waals surface area contributed by atoms with Crippen molar-refractivity contribution in [3.05, 3.63) is 58.3 Å². The molecule has 1 N–H and O–H groups in total. The molecule has 0 aliphatic rings. The van der Waals surface area contributed by atoms with E-state index in [1.807, 2.05) is 30.3 Å². The summed E-state index contributed by atoms with van der Waals surface area (Å²) in [5.41, 5.74) is 1.62. The van der Waals surface area contributed by atoms with Gasteiger partial charge in [0, 0.05) is 4.47 Å². The Kier molecular flexibility index (Phi) is 5.01. The van der Waals surface area contributed by atoms with E-state index in [4.69, 9.17) is 4.74 Å². The molecule has 0 aliphatic heterocycles. The Morgan fingerprint density at radius 3 is 2.45 bits per heavy atom. The number of methoxy groups -OCH3 is 1. The van der Waals surface area contributed by atoms with Crippen LogP contribution in [0.5, 0.6) is 5.75 Å². The van der Waals surface area contributed by atoms with Gasteiger partial charge in [0.25, 0.3) is 0 Å². The highest BCUT2D eigenvalue weighted by Gasteiger charge is 2.12. The van der Waals surface area contributed by atoms with Crippen molar-refractivity contribution in [1.29, 1.82) is 0 Å². The van der Waals surface area contributed by atoms with Gasteiger partial charge in [-0.15, -0.1) is 0 Å². The third-order valence-electron chi connectivity index (χ3n) is 3.19. The van der Waals surface area contributed by atoms with Crippen LogP contribution in [0.25, 0.3) is 0 Å². The van der Waals surface area contributed by atoms with E-state index in [1.165, 1.54) is 6.07 Å². The molecule has 0 heterocycles. The zero-order chi connectivity index (χ0) is 14.5. The molecule has 0 saturated heterocycles. The van der Waals surface area contributed by atoms with Crippen molar-refractivity contribution in [3.63, 3.8) is 0 Å². The SMILES string of the molecule is CCC(Nc1ccc(Br)cc1F)c1ccc(OC)cc1. The Labute approximate surface area is 127 Å². The molecule has 1 unspecified atom stereocenters. The van der Waals surface area contributed by atoms with Crippen LogP contribution in [0.1, 0.15) is 24.9 Å². The minimum atomic E-state index is -0.258. The van der Waals surface area contributed by atoms with Crippen molar-refractivity contribution in [2.45, 2.75) is 19.4 Å². The van der Waals surface area contributed by atoms with E-state index >= 15 is 0 Å². The Bertz CT molecular complexity index is 571. The lowest BCUT2D eigenvalue weighted by molar-refractivity contribution is 0.414. The van der Waals surface area contributed by atoms with Gasteiger partial charge in [0.2, 0.25) is 0 Å². The summed E-state index contributed by atoms with van der Waals surface area (Å²) in [5, 5.41) is 3.24. The van der Waals surface area contributed by atoms with Crippen molar-refractivity contribution in [2.75, 3.05) is 12.4 Å². The van der Waals surface area contributed by atoms with E-state index in [1.54, 1.807) is 13.2 Å². The Morgan fingerprint density at radius 2 is 1.90 bits per heavy atom. The van der Waals surface area contributed by atoms with Crippen LogP contribution in [0, 0.1) is 5.82 Å². The number of hydrogen-bond acceptors (Lipinski definition) is 2. The molecular formula is C16H17BrFNO. The summed E-state index contributed by atoms with van der Waals surface area (Å²) >= 11 is 3.26. The first kappa shape index (κ1) is 14.9. The van der Waals surface area contributed by atoms with E-state index in [-0.39, 0.29) is 11.9 Å². The van der Waals surface area contributed by atoms with Gasteiger partial charge in [-0.05, 0) is 42.3 Å². The van der Waals surface area contributed by atoms with Gasteiger partial charge in [0.05, 0.1) is 18.8 Å². The highest BCUT2D eigenvalue weighted by Crippen LogP contribution is 2.27. The highest BCUT2D eigenvalue weighted by molar-refractivity contribution is 9.10. The second-order valence-electron chi connectivity index (χ2n) is 4.50. The summed E-state index contributed by atoms with van der Waals surface area (Å²) in [6, 6.07) is 12.9. The monoisotopic (exact) mass is 337 g/mol. The maximum Gasteiger partial charge on any atom is 0.147 e. The summed E-state index contributed by atoms with van der Waals surface area (Å²) in [6.07, 6.45) is 0.863. The van der Waals surface area contributed by atoms with Gasteiger partial charge in [0.1, 0.15) is 11.6 Å². The predicted molar refractivity (Wildman–Crippen MR) is 83.7 cm³/mol. The summed E-state index contributed by atoms with van der Waals surface area (Å²) in [7, 11) is 1.64. The molecule has 0 aromatic heterocycles. The highest BCUT2D eigenvalue weighted by atomic mass is 79.9. The fourth-order valence-electron chi connectivity index (χ4n) is 2.05. The smallest absolute Gasteiger partial charge is 0.147 e. The average molecular weight is 338 g/mol. The molecule has 0 aliphatic carbocycles. The minimum absolute atomic E-state index is 0.0663. The molecule has 2 aromatic rings. The van der Waals surface area contributed by atoms with Crippen LogP contribution in [0.4, 0.5) is 10.1 Å². The minimum Gasteiger partial charge on any atom is -0.497 e. The summed E-state index contributed by atoms with van der Waals surface area (Å²) < 4.78 is 19.8. The molecule has 1 atom stereocenters. The predicted octanol–water partition coefficient (Wildman–Crippen LogP) is 5.16. The van der Waals surface area contributed by atoms with E-state index < -0.39 is 0 Å². The summed E-state index contributed by atoms with van der Waals surface area (Å²) in [4.78, 5) is 0. The van der Waals surface area contributed by atoms with Crippen LogP contribution in [0.3, 0.4) is 0 Å². The Hall–Kier alpha value is -1.55. The van der Waals surface area contributed by atoms with Crippen molar-refractivity contribution in [1.82, 2.24) is 0 Å². The van der Waals surface area contributed by atoms with Crippen molar-refractivity contribution < 1.29 is 9.13 Å². The molecule has 0 saturated carbocycles. The molecule has 2 nitrogen and oxygen atoms in total. The third-order valence-corrected chi connectivity index (χ3v) is 3.68. The molecule has 0 bridgehead atoms. The van der Waals surface area contributed by atoms with Crippen LogP contribution in [-0.2, 0) is 0 Å². The fourth-order valence-corrected chi connectivity index (χ4v) is 2.38. The van der Waals surface area contributed by atoms with Crippen LogP contribution in [-0.4, -0.2) is 7.11 Å². The van der Waals surface area contributed by atoms with Gasteiger partial charge < -0.3 is 10.1 Å². The van der Waals surface area contributed by atoms with Gasteiger partial charge in [-0.1, -0.05) is 35.0 Å². The van der Waals surface area contributed by atoms with Gasteiger partial charge >= 0.3 is 0 Å². The number of halogens is 2.